The first-order valence-electron chi connectivity index (χ1n) is 6.10. The van der Waals surface area contributed by atoms with Crippen molar-refractivity contribution in [2.24, 2.45) is 5.73 Å². The minimum absolute atomic E-state index is 0.0819. The van der Waals surface area contributed by atoms with Crippen molar-refractivity contribution >= 4 is 21.7 Å². The van der Waals surface area contributed by atoms with Crippen LogP contribution in [0.25, 0.3) is 0 Å². The van der Waals surface area contributed by atoms with Gasteiger partial charge in [-0.15, -0.1) is 0 Å². The number of anilines is 1. The highest BCUT2D eigenvalue weighted by molar-refractivity contribution is 7.89. The molecule has 1 saturated heterocycles. The second kappa shape index (κ2) is 5.04. The summed E-state index contributed by atoms with van der Waals surface area (Å²) in [6.45, 7) is 0.484. The van der Waals surface area contributed by atoms with Crippen LogP contribution in [0.3, 0.4) is 0 Å². The highest BCUT2D eigenvalue weighted by atomic mass is 32.2. The molecular weight excluding hydrogens is 282 g/mol. The summed E-state index contributed by atoms with van der Waals surface area (Å²) in [7, 11) is -2.27. The van der Waals surface area contributed by atoms with Crippen molar-refractivity contribution in [2.75, 3.05) is 25.0 Å². The summed E-state index contributed by atoms with van der Waals surface area (Å²) in [6, 6.07) is 6.47. The van der Waals surface area contributed by atoms with Crippen molar-refractivity contribution < 1.29 is 18.3 Å². The number of sulfonamides is 1. The molecule has 0 aliphatic carbocycles. The fourth-order valence-electron chi connectivity index (χ4n) is 2.27. The molecule has 7 nitrogen and oxygen atoms in total. The molecule has 0 aromatic heterocycles. The average Bonchev–Trinajstić information content (AvgIpc) is 2.83. The topological polar surface area (TPSA) is 113 Å². The molecular formula is C12H17N3O4S. The summed E-state index contributed by atoms with van der Waals surface area (Å²) in [4.78, 5) is 13.0. The van der Waals surface area contributed by atoms with Crippen LogP contribution in [-0.2, 0) is 14.8 Å². The summed E-state index contributed by atoms with van der Waals surface area (Å²) in [6.07, 6.45) is 0.274. The van der Waals surface area contributed by atoms with E-state index in [1.807, 2.05) is 0 Å². The Hall–Kier alpha value is -1.64. The standard InChI is InChI=1S/C12H17N3O4S/c1-14-20(18,19)10-5-3-2-4-9(10)15-7-6-12(13,8-15)11(16)17/h2-5,14H,6-8,13H2,1H3,(H,16,17). The number of carboxylic acid groups (broad SMARTS) is 1. The largest absolute Gasteiger partial charge is 0.480 e. The van der Waals surface area contributed by atoms with E-state index in [0.29, 0.717) is 12.2 Å². The summed E-state index contributed by atoms with van der Waals surface area (Å²) < 4.78 is 26.2. The number of benzene rings is 1. The van der Waals surface area contributed by atoms with E-state index >= 15 is 0 Å². The van der Waals surface area contributed by atoms with Gasteiger partial charge < -0.3 is 15.7 Å². The molecule has 1 aromatic rings. The number of carbonyl (C=O) groups is 1. The Bertz CT molecular complexity index is 631. The number of rotatable bonds is 4. The minimum atomic E-state index is -3.60. The fourth-order valence-corrected chi connectivity index (χ4v) is 3.22. The molecule has 0 radical (unpaired) electrons. The van der Waals surface area contributed by atoms with Gasteiger partial charge in [-0.3, -0.25) is 4.79 Å². The van der Waals surface area contributed by atoms with Gasteiger partial charge >= 0.3 is 5.97 Å². The van der Waals surface area contributed by atoms with Crippen LogP contribution >= 0.6 is 0 Å². The number of nitrogens with one attached hydrogen (secondary N) is 1. The van der Waals surface area contributed by atoms with E-state index in [9.17, 15) is 13.2 Å². The van der Waals surface area contributed by atoms with Crippen LogP contribution < -0.4 is 15.4 Å². The summed E-state index contributed by atoms with van der Waals surface area (Å²) in [5.41, 5.74) is 4.95. The van der Waals surface area contributed by atoms with Gasteiger partial charge in [0.2, 0.25) is 10.0 Å². The fraction of sp³-hybridized carbons (Fsp3) is 0.417. The number of nitrogens with zero attached hydrogens (tertiary/aromatic N) is 1. The molecule has 4 N–H and O–H groups in total. The molecule has 0 amide bonds. The van der Waals surface area contributed by atoms with E-state index in [-0.39, 0.29) is 17.9 Å². The maximum atomic E-state index is 12.0. The Balaban J connectivity index is 2.39. The number of hydrogen-bond donors (Lipinski definition) is 3. The first-order chi connectivity index (χ1) is 9.30. The van der Waals surface area contributed by atoms with Crippen molar-refractivity contribution in [3.05, 3.63) is 24.3 Å². The molecule has 1 aliphatic heterocycles. The SMILES string of the molecule is CNS(=O)(=O)c1ccccc1N1CCC(N)(C(=O)O)C1. The van der Waals surface area contributed by atoms with E-state index in [0.717, 1.165) is 0 Å². The smallest absolute Gasteiger partial charge is 0.325 e. The van der Waals surface area contributed by atoms with Crippen LogP contribution in [0, 0.1) is 0 Å². The van der Waals surface area contributed by atoms with Crippen LogP contribution in [0.4, 0.5) is 5.69 Å². The molecule has 1 atom stereocenters. The maximum Gasteiger partial charge on any atom is 0.325 e. The lowest BCUT2D eigenvalue weighted by molar-refractivity contribution is -0.142. The van der Waals surface area contributed by atoms with Crippen molar-refractivity contribution in [2.45, 2.75) is 16.9 Å². The highest BCUT2D eigenvalue weighted by Crippen LogP contribution is 2.30. The molecule has 1 heterocycles. The number of aliphatic carboxylic acids is 1. The van der Waals surface area contributed by atoms with E-state index in [1.165, 1.54) is 13.1 Å². The Kier molecular flexibility index (Phi) is 3.72. The quantitative estimate of drug-likeness (QED) is 0.696. The predicted molar refractivity (Wildman–Crippen MR) is 74.1 cm³/mol. The van der Waals surface area contributed by atoms with Crippen LogP contribution in [0.15, 0.2) is 29.2 Å². The maximum absolute atomic E-state index is 12.0. The third-order valence-electron chi connectivity index (χ3n) is 3.49. The van der Waals surface area contributed by atoms with Crippen molar-refractivity contribution in [1.82, 2.24) is 4.72 Å². The predicted octanol–water partition coefficient (Wildman–Crippen LogP) is -0.413. The van der Waals surface area contributed by atoms with E-state index in [2.05, 4.69) is 4.72 Å². The molecule has 1 aromatic carbocycles. The Morgan fingerprint density at radius 3 is 2.65 bits per heavy atom. The van der Waals surface area contributed by atoms with Gasteiger partial charge in [0.15, 0.2) is 0 Å². The molecule has 0 spiro atoms. The molecule has 1 unspecified atom stereocenters. The van der Waals surface area contributed by atoms with Gasteiger partial charge in [0, 0.05) is 13.1 Å². The summed E-state index contributed by atoms with van der Waals surface area (Å²) in [5.74, 6) is -1.08. The number of hydrogen-bond acceptors (Lipinski definition) is 5. The zero-order valence-electron chi connectivity index (χ0n) is 11.0. The molecule has 110 valence electrons. The Morgan fingerprint density at radius 2 is 2.10 bits per heavy atom. The van der Waals surface area contributed by atoms with Crippen LogP contribution in [0.1, 0.15) is 6.42 Å². The van der Waals surface area contributed by atoms with Crippen molar-refractivity contribution in [3.63, 3.8) is 0 Å². The number of nitrogens with two attached hydrogens (primary N) is 1. The lowest BCUT2D eigenvalue weighted by Gasteiger charge is -2.23. The zero-order valence-corrected chi connectivity index (χ0v) is 11.9. The number of para-hydroxylation sites is 1. The van der Waals surface area contributed by atoms with Crippen LogP contribution in [0.2, 0.25) is 0 Å². The highest BCUT2D eigenvalue weighted by Gasteiger charge is 2.42. The minimum Gasteiger partial charge on any atom is -0.480 e. The Morgan fingerprint density at radius 1 is 1.45 bits per heavy atom. The third-order valence-corrected chi connectivity index (χ3v) is 4.95. The second-order valence-corrected chi connectivity index (χ2v) is 6.66. The lowest BCUT2D eigenvalue weighted by atomic mass is 10.0. The van der Waals surface area contributed by atoms with Gasteiger partial charge in [0.25, 0.3) is 0 Å². The first-order valence-corrected chi connectivity index (χ1v) is 7.58. The van der Waals surface area contributed by atoms with Crippen molar-refractivity contribution in [1.29, 1.82) is 0 Å². The van der Waals surface area contributed by atoms with Gasteiger partial charge in [-0.1, -0.05) is 12.1 Å². The third kappa shape index (κ3) is 2.49. The van der Waals surface area contributed by atoms with Gasteiger partial charge in [0.1, 0.15) is 10.4 Å². The van der Waals surface area contributed by atoms with Crippen molar-refractivity contribution in [3.8, 4) is 0 Å². The number of carboxylic acids is 1. The van der Waals surface area contributed by atoms with Gasteiger partial charge in [-0.2, -0.15) is 0 Å². The van der Waals surface area contributed by atoms with E-state index in [1.54, 1.807) is 23.1 Å². The lowest BCUT2D eigenvalue weighted by Crippen LogP contribution is -2.50. The van der Waals surface area contributed by atoms with Gasteiger partial charge in [-0.25, -0.2) is 13.1 Å². The van der Waals surface area contributed by atoms with E-state index < -0.39 is 21.5 Å². The normalized spacial score (nSPS) is 23.0. The molecule has 20 heavy (non-hydrogen) atoms. The van der Waals surface area contributed by atoms with Crippen LogP contribution in [0.5, 0.6) is 0 Å². The molecule has 1 aliphatic rings. The molecule has 8 heteroatoms. The summed E-state index contributed by atoms with van der Waals surface area (Å²) in [5, 5.41) is 9.13. The first kappa shape index (κ1) is 14.8. The molecule has 2 rings (SSSR count). The Labute approximate surface area is 117 Å². The molecule has 0 bridgehead atoms. The van der Waals surface area contributed by atoms with Gasteiger partial charge in [-0.05, 0) is 25.6 Å². The van der Waals surface area contributed by atoms with E-state index in [4.69, 9.17) is 10.8 Å². The average molecular weight is 299 g/mol. The second-order valence-electron chi connectivity index (χ2n) is 4.81. The van der Waals surface area contributed by atoms with Crippen LogP contribution in [-0.4, -0.2) is 45.2 Å². The molecule has 0 saturated carbocycles. The monoisotopic (exact) mass is 299 g/mol. The zero-order chi connectivity index (χ0) is 15.0. The molecule has 1 fully saturated rings. The summed E-state index contributed by atoms with van der Waals surface area (Å²) >= 11 is 0. The van der Waals surface area contributed by atoms with Gasteiger partial charge in [0.05, 0.1) is 5.69 Å².